The van der Waals surface area contributed by atoms with E-state index >= 15 is 0 Å². The number of carbonyl (C=O) groups is 1. The zero-order chi connectivity index (χ0) is 13.1. The van der Waals surface area contributed by atoms with Gasteiger partial charge in [-0.3, -0.25) is 4.79 Å². The van der Waals surface area contributed by atoms with Gasteiger partial charge in [-0.25, -0.2) is 0 Å². The van der Waals surface area contributed by atoms with Crippen molar-refractivity contribution in [3.63, 3.8) is 0 Å². The van der Waals surface area contributed by atoms with Gasteiger partial charge in [0.1, 0.15) is 0 Å². The molecule has 0 spiro atoms. The largest absolute Gasteiger partial charge is 0.341 e. The molecule has 1 amide bonds. The van der Waals surface area contributed by atoms with Crippen molar-refractivity contribution in [2.45, 2.75) is 33.2 Å². The van der Waals surface area contributed by atoms with Gasteiger partial charge in [-0.05, 0) is 31.9 Å². The lowest BCUT2D eigenvalue weighted by Gasteiger charge is -2.08. The monoisotopic (exact) mass is 265 g/mol. The highest BCUT2D eigenvalue weighted by atomic mass is 32.1. The topological polar surface area (TPSA) is 83.6 Å². The summed E-state index contributed by atoms with van der Waals surface area (Å²) in [7, 11) is 0. The average molecular weight is 265 g/mol. The van der Waals surface area contributed by atoms with Crippen LogP contribution in [0.1, 0.15) is 45.8 Å². The molecule has 2 N–H and O–H groups in total. The fraction of sp³-hybridized carbons (Fsp3) is 0.455. The van der Waals surface area contributed by atoms with Crippen molar-refractivity contribution >= 4 is 17.2 Å². The Morgan fingerprint density at radius 3 is 2.94 bits per heavy atom. The molecule has 2 aromatic heterocycles. The number of aryl methyl sites for hydroxylation is 2. The van der Waals surface area contributed by atoms with E-state index in [0.29, 0.717) is 5.82 Å². The number of amides is 1. The molecule has 1 atom stereocenters. The number of H-pyrrole nitrogens is 1. The third-order valence-corrected chi connectivity index (χ3v) is 3.81. The molecule has 0 aliphatic carbocycles. The van der Waals surface area contributed by atoms with Gasteiger partial charge in [-0.1, -0.05) is 12.1 Å². The first-order valence-corrected chi connectivity index (χ1v) is 6.57. The Morgan fingerprint density at radius 2 is 2.39 bits per heavy atom. The Labute approximate surface area is 109 Å². The number of aromatic amines is 1. The summed E-state index contributed by atoms with van der Waals surface area (Å²) in [5.41, 5.74) is 1.22. The van der Waals surface area contributed by atoms with Crippen LogP contribution in [0.15, 0.2) is 6.07 Å². The van der Waals surface area contributed by atoms with Crippen LogP contribution in [-0.4, -0.2) is 26.5 Å². The number of tetrazole rings is 1. The third kappa shape index (κ3) is 2.56. The molecule has 0 saturated heterocycles. The maximum atomic E-state index is 12.0. The van der Waals surface area contributed by atoms with Gasteiger partial charge < -0.3 is 5.32 Å². The van der Waals surface area contributed by atoms with Gasteiger partial charge in [0.05, 0.1) is 10.9 Å². The number of nitrogens with zero attached hydrogens (tertiary/aromatic N) is 3. The summed E-state index contributed by atoms with van der Waals surface area (Å²) in [5.74, 6) is 0.382. The van der Waals surface area contributed by atoms with Gasteiger partial charge in [-0.2, -0.15) is 5.21 Å². The number of hydrogen-bond acceptors (Lipinski definition) is 5. The van der Waals surface area contributed by atoms with Crippen LogP contribution in [0, 0.1) is 6.92 Å². The van der Waals surface area contributed by atoms with Crippen LogP contribution in [-0.2, 0) is 6.42 Å². The Bertz CT molecular complexity index is 534. The molecule has 0 aliphatic heterocycles. The molecular formula is C11H15N5OS. The van der Waals surface area contributed by atoms with Crippen molar-refractivity contribution in [1.82, 2.24) is 25.9 Å². The molecule has 7 heteroatoms. The lowest BCUT2D eigenvalue weighted by atomic mass is 10.2. The molecule has 0 aliphatic rings. The van der Waals surface area contributed by atoms with Crippen LogP contribution in [0.4, 0.5) is 0 Å². The Balaban J connectivity index is 2.07. The Morgan fingerprint density at radius 1 is 1.61 bits per heavy atom. The average Bonchev–Trinajstić information content (AvgIpc) is 2.97. The number of nitrogens with one attached hydrogen (secondary N) is 2. The summed E-state index contributed by atoms with van der Waals surface area (Å²) in [5, 5.41) is 16.4. The van der Waals surface area contributed by atoms with Crippen molar-refractivity contribution in [2.24, 2.45) is 0 Å². The zero-order valence-electron chi connectivity index (χ0n) is 10.5. The van der Waals surface area contributed by atoms with E-state index in [9.17, 15) is 4.79 Å². The number of thiophene rings is 1. The van der Waals surface area contributed by atoms with E-state index in [2.05, 4.69) is 32.9 Å². The molecule has 18 heavy (non-hydrogen) atoms. The van der Waals surface area contributed by atoms with Crippen LogP contribution in [0.2, 0.25) is 0 Å². The van der Waals surface area contributed by atoms with Crippen molar-refractivity contribution in [3.05, 3.63) is 27.2 Å². The molecule has 6 nitrogen and oxygen atoms in total. The molecule has 1 unspecified atom stereocenters. The standard InChI is InChI=1S/C11H15N5OS/c1-4-8-5-9(18-7(8)3)11(17)12-6(2)10-13-15-16-14-10/h5-6H,4H2,1-3H3,(H,12,17)(H,13,14,15,16). The Kier molecular flexibility index (Phi) is 3.71. The second kappa shape index (κ2) is 5.26. The summed E-state index contributed by atoms with van der Waals surface area (Å²) >= 11 is 1.51. The molecular weight excluding hydrogens is 250 g/mol. The summed E-state index contributed by atoms with van der Waals surface area (Å²) in [6.07, 6.45) is 0.940. The summed E-state index contributed by atoms with van der Waals surface area (Å²) in [6.45, 7) is 5.94. The minimum atomic E-state index is -0.260. The number of rotatable bonds is 4. The van der Waals surface area contributed by atoms with E-state index in [-0.39, 0.29) is 11.9 Å². The number of aromatic nitrogens is 4. The maximum Gasteiger partial charge on any atom is 0.261 e. The van der Waals surface area contributed by atoms with Gasteiger partial charge in [0.25, 0.3) is 5.91 Å². The van der Waals surface area contributed by atoms with Crippen molar-refractivity contribution in [2.75, 3.05) is 0 Å². The minimum absolute atomic E-state index is 0.0971. The van der Waals surface area contributed by atoms with Crippen LogP contribution >= 0.6 is 11.3 Å². The van der Waals surface area contributed by atoms with Crippen LogP contribution in [0.5, 0.6) is 0 Å². The van der Waals surface area contributed by atoms with Gasteiger partial charge in [0, 0.05) is 4.88 Å². The van der Waals surface area contributed by atoms with Crippen molar-refractivity contribution < 1.29 is 4.79 Å². The summed E-state index contributed by atoms with van der Waals surface area (Å²) in [6, 6.07) is 1.68. The normalized spacial score (nSPS) is 12.4. The summed E-state index contributed by atoms with van der Waals surface area (Å²) < 4.78 is 0. The van der Waals surface area contributed by atoms with E-state index in [1.54, 1.807) is 0 Å². The first-order valence-electron chi connectivity index (χ1n) is 5.75. The molecule has 0 bridgehead atoms. The van der Waals surface area contributed by atoms with Gasteiger partial charge in [0.2, 0.25) is 0 Å². The lowest BCUT2D eigenvalue weighted by molar-refractivity contribution is 0.0942. The van der Waals surface area contributed by atoms with Gasteiger partial charge >= 0.3 is 0 Å². The van der Waals surface area contributed by atoms with Crippen molar-refractivity contribution in [3.8, 4) is 0 Å². The fourth-order valence-corrected chi connectivity index (χ4v) is 2.69. The predicted molar refractivity (Wildman–Crippen MR) is 68.5 cm³/mol. The highest BCUT2D eigenvalue weighted by molar-refractivity contribution is 7.14. The molecule has 0 fully saturated rings. The molecule has 2 heterocycles. The SMILES string of the molecule is CCc1cc(C(=O)NC(C)c2nn[nH]n2)sc1C. The van der Waals surface area contributed by atoms with E-state index in [4.69, 9.17) is 0 Å². The van der Waals surface area contributed by atoms with E-state index in [1.807, 2.05) is 19.9 Å². The molecule has 0 aromatic carbocycles. The third-order valence-electron chi connectivity index (χ3n) is 2.72. The number of carbonyl (C=O) groups excluding carboxylic acids is 1. The minimum Gasteiger partial charge on any atom is -0.341 e. The fourth-order valence-electron chi connectivity index (χ4n) is 1.67. The van der Waals surface area contributed by atoms with E-state index in [0.717, 1.165) is 11.3 Å². The summed E-state index contributed by atoms with van der Waals surface area (Å²) in [4.78, 5) is 14.0. The second-order valence-corrected chi connectivity index (χ2v) is 5.27. The smallest absolute Gasteiger partial charge is 0.261 e. The molecule has 0 saturated carbocycles. The first-order chi connectivity index (χ1) is 8.61. The highest BCUT2D eigenvalue weighted by Crippen LogP contribution is 2.22. The predicted octanol–water partition coefficient (Wildman–Crippen LogP) is 1.62. The van der Waals surface area contributed by atoms with Gasteiger partial charge in [-0.15, -0.1) is 21.5 Å². The van der Waals surface area contributed by atoms with Crippen LogP contribution < -0.4 is 5.32 Å². The van der Waals surface area contributed by atoms with Crippen LogP contribution in [0.3, 0.4) is 0 Å². The lowest BCUT2D eigenvalue weighted by Crippen LogP contribution is -2.26. The maximum absolute atomic E-state index is 12.0. The van der Waals surface area contributed by atoms with Gasteiger partial charge in [0.15, 0.2) is 5.82 Å². The van der Waals surface area contributed by atoms with Crippen molar-refractivity contribution in [1.29, 1.82) is 0 Å². The van der Waals surface area contributed by atoms with E-state index < -0.39 is 0 Å². The quantitative estimate of drug-likeness (QED) is 0.880. The zero-order valence-corrected chi connectivity index (χ0v) is 11.3. The second-order valence-electron chi connectivity index (χ2n) is 4.01. The molecule has 96 valence electrons. The molecule has 2 rings (SSSR count). The highest BCUT2D eigenvalue weighted by Gasteiger charge is 2.17. The first kappa shape index (κ1) is 12.7. The van der Waals surface area contributed by atoms with Crippen LogP contribution in [0.25, 0.3) is 0 Å². The van der Waals surface area contributed by atoms with E-state index in [1.165, 1.54) is 21.8 Å². The molecule has 2 aromatic rings. The molecule has 0 radical (unpaired) electrons. The Hall–Kier alpha value is -1.76. The number of hydrogen-bond donors (Lipinski definition) is 2.